The highest BCUT2D eigenvalue weighted by Gasteiger charge is 2.13. The monoisotopic (exact) mass is 153 g/mol. The molecular weight excluding hydrogens is 142 g/mol. The minimum Gasteiger partial charge on any atom is -0.464 e. The van der Waals surface area contributed by atoms with Crippen LogP contribution >= 0.6 is 0 Å². The first-order chi connectivity index (χ1) is 5.40. The van der Waals surface area contributed by atoms with Gasteiger partial charge >= 0.3 is 6.01 Å². The Hall–Kier alpha value is -1.06. The summed E-state index contributed by atoms with van der Waals surface area (Å²) in [5, 5.41) is 4.25. The van der Waals surface area contributed by atoms with Gasteiger partial charge in [-0.25, -0.2) is 4.68 Å². The molecular formula is C7H11N3O. The third kappa shape index (κ3) is 1.08. The van der Waals surface area contributed by atoms with Gasteiger partial charge in [-0.15, -0.1) is 0 Å². The minimum absolute atomic E-state index is 0.688. The number of hydrogen-bond acceptors (Lipinski definition) is 3. The molecule has 4 heteroatoms. The third-order valence-electron chi connectivity index (χ3n) is 1.74. The van der Waals surface area contributed by atoms with Gasteiger partial charge in [0.15, 0.2) is 5.82 Å². The van der Waals surface area contributed by atoms with Gasteiger partial charge in [0.2, 0.25) is 0 Å². The maximum absolute atomic E-state index is 5.30. The topological polar surface area (TPSA) is 39.9 Å². The van der Waals surface area contributed by atoms with Crippen molar-refractivity contribution in [3.63, 3.8) is 0 Å². The van der Waals surface area contributed by atoms with Crippen molar-refractivity contribution in [2.75, 3.05) is 6.61 Å². The largest absolute Gasteiger partial charge is 0.464 e. The Morgan fingerprint density at radius 2 is 2.55 bits per heavy atom. The summed E-state index contributed by atoms with van der Waals surface area (Å²) in [5.41, 5.74) is 0. The Balaban J connectivity index is 2.32. The molecule has 0 atom stereocenters. The van der Waals surface area contributed by atoms with E-state index in [1.807, 2.05) is 11.6 Å². The first kappa shape index (κ1) is 6.64. The second-order valence-corrected chi connectivity index (χ2v) is 2.59. The number of hydrogen-bond donors (Lipinski definition) is 0. The SMILES string of the molecule is CCc1nc2n(n1)CCCO2. The molecule has 0 fully saturated rings. The molecule has 1 aromatic rings. The number of fused-ring (bicyclic) bond motifs is 1. The molecule has 1 aliphatic rings. The van der Waals surface area contributed by atoms with Crippen LogP contribution in [0.1, 0.15) is 19.2 Å². The summed E-state index contributed by atoms with van der Waals surface area (Å²) in [6, 6.07) is 0.688. The molecule has 0 aromatic carbocycles. The Kier molecular flexibility index (Phi) is 1.52. The van der Waals surface area contributed by atoms with Crippen LogP contribution < -0.4 is 4.74 Å². The molecule has 60 valence electrons. The molecule has 0 amide bonds. The van der Waals surface area contributed by atoms with E-state index >= 15 is 0 Å². The molecule has 2 rings (SSSR count). The smallest absolute Gasteiger partial charge is 0.315 e. The Morgan fingerprint density at radius 1 is 1.64 bits per heavy atom. The predicted molar refractivity (Wildman–Crippen MR) is 39.5 cm³/mol. The van der Waals surface area contributed by atoms with E-state index in [0.717, 1.165) is 31.8 Å². The molecule has 0 radical (unpaired) electrons. The minimum atomic E-state index is 0.688. The molecule has 0 aliphatic carbocycles. The molecule has 0 N–H and O–H groups in total. The van der Waals surface area contributed by atoms with Gasteiger partial charge in [-0.05, 0) is 0 Å². The normalized spacial score (nSPS) is 15.7. The summed E-state index contributed by atoms with van der Waals surface area (Å²) in [6.07, 6.45) is 1.92. The number of ether oxygens (including phenoxy) is 1. The highest BCUT2D eigenvalue weighted by Crippen LogP contribution is 2.13. The second-order valence-electron chi connectivity index (χ2n) is 2.59. The molecule has 0 spiro atoms. The molecule has 0 bridgehead atoms. The van der Waals surface area contributed by atoms with Gasteiger partial charge < -0.3 is 4.74 Å². The van der Waals surface area contributed by atoms with Crippen molar-refractivity contribution in [2.24, 2.45) is 0 Å². The van der Waals surface area contributed by atoms with Crippen LogP contribution in [0.2, 0.25) is 0 Å². The van der Waals surface area contributed by atoms with E-state index in [2.05, 4.69) is 10.1 Å². The second kappa shape index (κ2) is 2.53. The summed E-state index contributed by atoms with van der Waals surface area (Å²) >= 11 is 0. The number of aryl methyl sites for hydroxylation is 2. The van der Waals surface area contributed by atoms with E-state index in [9.17, 15) is 0 Å². The van der Waals surface area contributed by atoms with E-state index in [1.54, 1.807) is 0 Å². The van der Waals surface area contributed by atoms with Crippen LogP contribution in [0.15, 0.2) is 0 Å². The van der Waals surface area contributed by atoms with Crippen LogP contribution in [-0.2, 0) is 13.0 Å². The predicted octanol–water partition coefficient (Wildman–Crippen LogP) is 0.623. The average molecular weight is 153 g/mol. The van der Waals surface area contributed by atoms with Crippen LogP contribution in [0.3, 0.4) is 0 Å². The Morgan fingerprint density at radius 3 is 3.27 bits per heavy atom. The molecule has 11 heavy (non-hydrogen) atoms. The zero-order valence-electron chi connectivity index (χ0n) is 6.58. The van der Waals surface area contributed by atoms with E-state index in [4.69, 9.17) is 4.74 Å². The third-order valence-corrected chi connectivity index (χ3v) is 1.74. The van der Waals surface area contributed by atoms with Crippen molar-refractivity contribution in [3.8, 4) is 6.01 Å². The first-order valence-electron chi connectivity index (χ1n) is 3.96. The summed E-state index contributed by atoms with van der Waals surface area (Å²) in [4.78, 5) is 4.20. The number of aromatic nitrogens is 3. The number of nitrogens with zero attached hydrogens (tertiary/aromatic N) is 3. The van der Waals surface area contributed by atoms with E-state index in [0.29, 0.717) is 6.01 Å². The lowest BCUT2D eigenvalue weighted by Crippen LogP contribution is -2.14. The molecule has 2 heterocycles. The Labute approximate surface area is 65.2 Å². The quantitative estimate of drug-likeness (QED) is 0.594. The summed E-state index contributed by atoms with van der Waals surface area (Å²) < 4.78 is 7.13. The molecule has 1 aromatic heterocycles. The van der Waals surface area contributed by atoms with Crippen molar-refractivity contribution in [1.29, 1.82) is 0 Å². The lowest BCUT2D eigenvalue weighted by molar-refractivity contribution is 0.221. The maximum atomic E-state index is 5.30. The van der Waals surface area contributed by atoms with Gasteiger partial charge in [0, 0.05) is 19.4 Å². The van der Waals surface area contributed by atoms with Crippen molar-refractivity contribution in [3.05, 3.63) is 5.82 Å². The van der Waals surface area contributed by atoms with E-state index < -0.39 is 0 Å². The molecule has 0 saturated carbocycles. The molecule has 0 saturated heterocycles. The van der Waals surface area contributed by atoms with Crippen LogP contribution in [0.25, 0.3) is 0 Å². The molecule has 4 nitrogen and oxygen atoms in total. The summed E-state index contributed by atoms with van der Waals surface area (Å²) in [5.74, 6) is 0.877. The van der Waals surface area contributed by atoms with Crippen LogP contribution in [0.5, 0.6) is 6.01 Å². The van der Waals surface area contributed by atoms with Gasteiger partial charge in [0.05, 0.1) is 6.61 Å². The van der Waals surface area contributed by atoms with Crippen molar-refractivity contribution >= 4 is 0 Å². The highest BCUT2D eigenvalue weighted by atomic mass is 16.5. The van der Waals surface area contributed by atoms with Gasteiger partial charge in [-0.2, -0.15) is 10.1 Å². The summed E-state index contributed by atoms with van der Waals surface area (Å²) in [7, 11) is 0. The van der Waals surface area contributed by atoms with Crippen LogP contribution in [0.4, 0.5) is 0 Å². The molecule has 1 aliphatic heterocycles. The molecule has 0 unspecified atom stereocenters. The fourth-order valence-corrected chi connectivity index (χ4v) is 1.15. The van der Waals surface area contributed by atoms with Crippen LogP contribution in [0, 0.1) is 0 Å². The zero-order chi connectivity index (χ0) is 7.68. The van der Waals surface area contributed by atoms with Gasteiger partial charge in [-0.3, -0.25) is 0 Å². The van der Waals surface area contributed by atoms with Crippen molar-refractivity contribution < 1.29 is 4.74 Å². The maximum Gasteiger partial charge on any atom is 0.315 e. The van der Waals surface area contributed by atoms with E-state index in [-0.39, 0.29) is 0 Å². The summed E-state index contributed by atoms with van der Waals surface area (Å²) in [6.45, 7) is 3.77. The van der Waals surface area contributed by atoms with Gasteiger partial charge in [0.25, 0.3) is 0 Å². The first-order valence-corrected chi connectivity index (χ1v) is 3.96. The van der Waals surface area contributed by atoms with E-state index in [1.165, 1.54) is 0 Å². The van der Waals surface area contributed by atoms with Gasteiger partial charge in [0.1, 0.15) is 0 Å². The highest BCUT2D eigenvalue weighted by molar-refractivity contribution is 4.99. The Bertz CT molecular complexity index is 233. The lowest BCUT2D eigenvalue weighted by atomic mass is 10.4. The fraction of sp³-hybridized carbons (Fsp3) is 0.714. The zero-order valence-corrected chi connectivity index (χ0v) is 6.58. The van der Waals surface area contributed by atoms with Gasteiger partial charge in [-0.1, -0.05) is 6.92 Å². The van der Waals surface area contributed by atoms with Crippen molar-refractivity contribution in [2.45, 2.75) is 26.3 Å². The lowest BCUT2D eigenvalue weighted by Gasteiger charge is -2.11. The fourth-order valence-electron chi connectivity index (χ4n) is 1.15. The number of rotatable bonds is 1. The average Bonchev–Trinajstić information content (AvgIpc) is 2.46. The van der Waals surface area contributed by atoms with Crippen LogP contribution in [-0.4, -0.2) is 21.4 Å². The van der Waals surface area contributed by atoms with Crippen molar-refractivity contribution in [1.82, 2.24) is 14.8 Å². The standard InChI is InChI=1S/C7H11N3O/c1-2-6-8-7-10(9-6)4-3-5-11-7/h2-5H2,1H3.